The first-order valence-electron chi connectivity index (χ1n) is 12.4. The minimum Gasteiger partial charge on any atom is -0.466 e. The molecule has 3 aromatic rings. The van der Waals surface area contributed by atoms with Crippen molar-refractivity contribution < 1.29 is 23.5 Å². The number of nitrogens with zero attached hydrogens (tertiary/aromatic N) is 2. The van der Waals surface area contributed by atoms with Crippen LogP contribution >= 0.6 is 0 Å². The van der Waals surface area contributed by atoms with E-state index in [1.807, 2.05) is 24.3 Å². The fraction of sp³-hybridized carbons (Fsp3) is 0.393. The summed E-state index contributed by atoms with van der Waals surface area (Å²) in [6.07, 6.45) is 1.88. The average molecular weight is 494 g/mol. The smallest absolute Gasteiger partial charge is 0.309 e. The number of likely N-dealkylation sites (N-methyl/N-ethyl adjacent to an activating group) is 1. The highest BCUT2D eigenvalue weighted by atomic mass is 19.1. The second-order valence-electron chi connectivity index (χ2n) is 9.19. The summed E-state index contributed by atoms with van der Waals surface area (Å²) < 4.78 is 18.5. The van der Waals surface area contributed by atoms with Crippen LogP contribution in [0.15, 0.2) is 48.5 Å². The summed E-state index contributed by atoms with van der Waals surface area (Å²) in [6, 6.07) is 14.2. The Kier molecular flexibility index (Phi) is 8.03. The molecular weight excluding hydrogens is 461 g/mol. The van der Waals surface area contributed by atoms with E-state index in [9.17, 15) is 18.8 Å². The first kappa shape index (κ1) is 25.4. The van der Waals surface area contributed by atoms with E-state index in [1.54, 1.807) is 31.0 Å². The Bertz CT molecular complexity index is 1230. The van der Waals surface area contributed by atoms with Crippen LogP contribution in [-0.2, 0) is 25.5 Å². The van der Waals surface area contributed by atoms with Gasteiger partial charge in [0.05, 0.1) is 19.1 Å². The SMILES string of the molecule is CCOC(=O)C1CCN(C(=O)CN(C)C(=O)CCc2c(-c3ccc(F)cc3)[nH]c3ccccc23)CC1. The summed E-state index contributed by atoms with van der Waals surface area (Å²) in [7, 11) is 1.64. The third-order valence-electron chi connectivity index (χ3n) is 6.80. The van der Waals surface area contributed by atoms with Gasteiger partial charge >= 0.3 is 5.97 Å². The Hall–Kier alpha value is -3.68. The van der Waals surface area contributed by atoms with Crippen LogP contribution in [0.5, 0.6) is 0 Å². The number of benzene rings is 2. The monoisotopic (exact) mass is 493 g/mol. The van der Waals surface area contributed by atoms with Gasteiger partial charge in [-0.2, -0.15) is 0 Å². The summed E-state index contributed by atoms with van der Waals surface area (Å²) in [5, 5.41) is 1.02. The summed E-state index contributed by atoms with van der Waals surface area (Å²) in [5.41, 5.74) is 3.66. The van der Waals surface area contributed by atoms with Gasteiger partial charge in [-0.25, -0.2) is 4.39 Å². The first-order chi connectivity index (χ1) is 17.4. The Morgan fingerprint density at radius 1 is 1.08 bits per heavy atom. The van der Waals surface area contributed by atoms with Gasteiger partial charge in [-0.05, 0) is 67.6 Å². The Morgan fingerprint density at radius 3 is 2.47 bits per heavy atom. The molecule has 1 N–H and O–H groups in total. The highest BCUT2D eigenvalue weighted by Gasteiger charge is 2.29. The molecule has 7 nitrogen and oxygen atoms in total. The summed E-state index contributed by atoms with van der Waals surface area (Å²) in [5.74, 6) is -0.913. The molecule has 0 spiro atoms. The topological polar surface area (TPSA) is 82.7 Å². The van der Waals surface area contributed by atoms with E-state index in [-0.39, 0.29) is 42.5 Å². The lowest BCUT2D eigenvalue weighted by Gasteiger charge is -2.32. The molecule has 8 heteroatoms. The standard InChI is InChI=1S/C28H32FN3O4/c1-3-36-28(35)20-14-16-32(17-15-20)26(34)18-31(2)25(33)13-12-23-22-6-4-5-7-24(22)30-27(23)19-8-10-21(29)11-9-19/h4-11,20,30H,3,12-18H2,1-2H3. The summed E-state index contributed by atoms with van der Waals surface area (Å²) in [4.78, 5) is 44.2. The highest BCUT2D eigenvalue weighted by Crippen LogP contribution is 2.31. The number of H-pyrrole nitrogens is 1. The highest BCUT2D eigenvalue weighted by molar-refractivity contribution is 5.92. The molecule has 36 heavy (non-hydrogen) atoms. The number of aromatic nitrogens is 1. The Labute approximate surface area is 210 Å². The maximum atomic E-state index is 13.5. The zero-order valence-corrected chi connectivity index (χ0v) is 20.8. The molecule has 1 saturated heterocycles. The number of amides is 2. The first-order valence-corrected chi connectivity index (χ1v) is 12.4. The minimum atomic E-state index is -0.303. The number of ether oxygens (including phenoxy) is 1. The van der Waals surface area contributed by atoms with Gasteiger partial charge in [-0.15, -0.1) is 0 Å². The molecule has 1 aliphatic rings. The maximum Gasteiger partial charge on any atom is 0.309 e. The number of aromatic amines is 1. The van der Waals surface area contributed by atoms with Crippen LogP contribution in [0.1, 0.15) is 31.7 Å². The third-order valence-corrected chi connectivity index (χ3v) is 6.80. The van der Waals surface area contributed by atoms with E-state index >= 15 is 0 Å². The van der Waals surface area contributed by atoms with Crippen LogP contribution in [0.25, 0.3) is 22.2 Å². The van der Waals surface area contributed by atoms with Crippen molar-refractivity contribution in [1.29, 1.82) is 0 Å². The number of hydrogen-bond acceptors (Lipinski definition) is 4. The van der Waals surface area contributed by atoms with Gasteiger partial charge in [0.1, 0.15) is 5.82 Å². The van der Waals surface area contributed by atoms with E-state index in [1.165, 1.54) is 17.0 Å². The van der Waals surface area contributed by atoms with Crippen LogP contribution in [0, 0.1) is 11.7 Å². The molecule has 2 aromatic carbocycles. The predicted molar refractivity (Wildman–Crippen MR) is 136 cm³/mol. The van der Waals surface area contributed by atoms with Gasteiger partial charge in [-0.3, -0.25) is 14.4 Å². The molecule has 2 amide bonds. The number of hydrogen-bond donors (Lipinski definition) is 1. The largest absolute Gasteiger partial charge is 0.466 e. The molecule has 1 fully saturated rings. The normalized spacial score (nSPS) is 14.1. The van der Waals surface area contributed by atoms with E-state index in [4.69, 9.17) is 4.74 Å². The maximum absolute atomic E-state index is 13.5. The van der Waals surface area contributed by atoms with Crippen LogP contribution in [-0.4, -0.2) is 65.9 Å². The second kappa shape index (κ2) is 11.4. The quantitative estimate of drug-likeness (QED) is 0.478. The lowest BCUT2D eigenvalue weighted by molar-refractivity contribution is -0.151. The van der Waals surface area contributed by atoms with Gasteiger partial charge in [-0.1, -0.05) is 18.2 Å². The molecule has 2 heterocycles. The molecular formula is C28H32FN3O4. The number of fused-ring (bicyclic) bond motifs is 1. The van der Waals surface area contributed by atoms with Crippen molar-refractivity contribution in [2.24, 2.45) is 5.92 Å². The van der Waals surface area contributed by atoms with Gasteiger partial charge in [0.15, 0.2) is 0 Å². The number of carbonyl (C=O) groups excluding carboxylic acids is 3. The number of piperidine rings is 1. The molecule has 0 radical (unpaired) electrons. The minimum absolute atomic E-state index is 0.00160. The van der Waals surface area contributed by atoms with E-state index in [2.05, 4.69) is 4.98 Å². The molecule has 190 valence electrons. The van der Waals surface area contributed by atoms with Crippen molar-refractivity contribution in [3.05, 3.63) is 59.9 Å². The van der Waals surface area contributed by atoms with Gasteiger partial charge in [0, 0.05) is 43.2 Å². The molecule has 0 bridgehead atoms. The predicted octanol–water partition coefficient (Wildman–Crippen LogP) is 4.17. The Morgan fingerprint density at radius 2 is 1.78 bits per heavy atom. The molecule has 0 saturated carbocycles. The van der Waals surface area contributed by atoms with E-state index in [0.29, 0.717) is 39.0 Å². The van der Waals surface area contributed by atoms with Gasteiger partial charge in [0.25, 0.3) is 0 Å². The second-order valence-corrected chi connectivity index (χ2v) is 9.19. The zero-order valence-electron chi connectivity index (χ0n) is 20.8. The number of para-hydroxylation sites is 1. The van der Waals surface area contributed by atoms with Gasteiger partial charge in [0.2, 0.25) is 11.8 Å². The van der Waals surface area contributed by atoms with Crippen molar-refractivity contribution in [3.63, 3.8) is 0 Å². The lowest BCUT2D eigenvalue weighted by Crippen LogP contribution is -2.45. The van der Waals surface area contributed by atoms with Crippen molar-refractivity contribution in [2.75, 3.05) is 33.3 Å². The van der Waals surface area contributed by atoms with Crippen molar-refractivity contribution in [3.8, 4) is 11.3 Å². The molecule has 0 aliphatic carbocycles. The van der Waals surface area contributed by atoms with Crippen molar-refractivity contribution in [1.82, 2.24) is 14.8 Å². The van der Waals surface area contributed by atoms with Crippen LogP contribution in [0.4, 0.5) is 4.39 Å². The summed E-state index contributed by atoms with van der Waals surface area (Å²) >= 11 is 0. The number of esters is 1. The third kappa shape index (κ3) is 5.75. The fourth-order valence-corrected chi connectivity index (χ4v) is 4.76. The fourth-order valence-electron chi connectivity index (χ4n) is 4.76. The molecule has 1 aromatic heterocycles. The van der Waals surface area contributed by atoms with E-state index < -0.39 is 0 Å². The average Bonchev–Trinajstić information content (AvgIpc) is 3.26. The van der Waals surface area contributed by atoms with E-state index in [0.717, 1.165) is 27.7 Å². The number of likely N-dealkylation sites (tertiary alicyclic amines) is 1. The number of nitrogens with one attached hydrogen (secondary N) is 1. The number of aryl methyl sites for hydroxylation is 1. The zero-order chi connectivity index (χ0) is 25.7. The molecule has 1 aliphatic heterocycles. The summed E-state index contributed by atoms with van der Waals surface area (Å²) in [6.45, 7) is 3.11. The van der Waals surface area contributed by atoms with Crippen LogP contribution in [0.2, 0.25) is 0 Å². The van der Waals surface area contributed by atoms with Crippen LogP contribution in [0.3, 0.4) is 0 Å². The molecule has 0 unspecified atom stereocenters. The van der Waals surface area contributed by atoms with Crippen LogP contribution < -0.4 is 0 Å². The van der Waals surface area contributed by atoms with Crippen molar-refractivity contribution in [2.45, 2.75) is 32.6 Å². The molecule has 0 atom stereocenters. The number of carbonyl (C=O) groups is 3. The van der Waals surface area contributed by atoms with Gasteiger partial charge < -0.3 is 19.5 Å². The lowest BCUT2D eigenvalue weighted by atomic mass is 9.97. The molecule has 4 rings (SSSR count). The Balaban J connectivity index is 1.37. The number of rotatable bonds is 8. The number of halogens is 1. The van der Waals surface area contributed by atoms with Crippen molar-refractivity contribution >= 4 is 28.7 Å².